The van der Waals surface area contributed by atoms with Crippen LogP contribution in [0.15, 0.2) is 12.2 Å². The van der Waals surface area contributed by atoms with Crippen molar-refractivity contribution >= 4 is 54.9 Å². The molecule has 12 heteroatoms. The third kappa shape index (κ3) is 9.66. The van der Waals surface area contributed by atoms with Gasteiger partial charge in [0.05, 0.1) is 6.42 Å². The minimum Gasteiger partial charge on any atom is -0.456 e. The molecule has 1 fully saturated rings. The summed E-state index contributed by atoms with van der Waals surface area (Å²) in [6.45, 7) is 6.39. The molecular weight excluding hydrogens is 468 g/mol. The maximum Gasteiger partial charge on any atom is 0.328 e. The molecule has 0 aromatic rings. The lowest BCUT2D eigenvalue weighted by Gasteiger charge is -2.27. The van der Waals surface area contributed by atoms with Gasteiger partial charge in [0.15, 0.2) is 0 Å². The maximum atomic E-state index is 12.8. The van der Waals surface area contributed by atoms with E-state index in [0.29, 0.717) is 12.2 Å². The molecule has 0 spiro atoms. The average molecular weight is 503 g/mol. The summed E-state index contributed by atoms with van der Waals surface area (Å²) in [6.07, 6.45) is 2.79. The number of rotatable bonds is 5. The van der Waals surface area contributed by atoms with Gasteiger partial charge < -0.3 is 26.0 Å². The van der Waals surface area contributed by atoms with Crippen LogP contribution in [-0.2, 0) is 28.7 Å². The van der Waals surface area contributed by atoms with E-state index in [0.717, 1.165) is 0 Å². The minimum atomic E-state index is -1.03. The van der Waals surface area contributed by atoms with Crippen LogP contribution in [0.3, 0.4) is 0 Å². The molecule has 0 aromatic carbocycles. The summed E-state index contributed by atoms with van der Waals surface area (Å²) in [6, 6.07) is -3.96. The Morgan fingerprint density at radius 2 is 1.61 bits per heavy atom. The Balaban J connectivity index is 3.22. The third-order valence-electron chi connectivity index (χ3n) is 4.85. The van der Waals surface area contributed by atoms with Crippen molar-refractivity contribution in [3.63, 3.8) is 0 Å². The molecule has 4 amide bonds. The molecule has 4 N–H and O–H groups in total. The Kier molecular flexibility index (Phi) is 12.3. The SMILES string of the molecule is CC(C)[C@H]1NC(=O)[C@H](CS)NC(=O)[C@@H](C)NC(=O)C[C@@H](/C=C/CCS)OC(=O)[C@@H](C)NC1=O. The average Bonchev–Trinajstić information content (AvgIpc) is 2.74. The molecule has 10 nitrogen and oxygen atoms in total. The normalized spacial score (nSPS) is 28.7. The van der Waals surface area contributed by atoms with E-state index in [2.05, 4.69) is 46.5 Å². The predicted molar refractivity (Wildman–Crippen MR) is 130 cm³/mol. The summed E-state index contributed by atoms with van der Waals surface area (Å²) in [7, 11) is 0. The van der Waals surface area contributed by atoms with Crippen LogP contribution in [0.4, 0.5) is 0 Å². The Bertz CT molecular complexity index is 761. The van der Waals surface area contributed by atoms with Gasteiger partial charge in [-0.15, -0.1) is 0 Å². The number of amides is 4. The number of carbonyl (C=O) groups excluding carboxylic acids is 5. The largest absolute Gasteiger partial charge is 0.456 e. The van der Waals surface area contributed by atoms with Crippen LogP contribution in [0.5, 0.6) is 0 Å². The van der Waals surface area contributed by atoms with E-state index < -0.39 is 59.9 Å². The fourth-order valence-electron chi connectivity index (χ4n) is 2.91. The van der Waals surface area contributed by atoms with E-state index in [1.165, 1.54) is 13.8 Å². The number of hydrogen-bond acceptors (Lipinski definition) is 8. The van der Waals surface area contributed by atoms with Crippen molar-refractivity contribution in [3.05, 3.63) is 12.2 Å². The van der Waals surface area contributed by atoms with E-state index in [-0.39, 0.29) is 18.1 Å². The first-order valence-corrected chi connectivity index (χ1v) is 12.1. The van der Waals surface area contributed by atoms with Crippen molar-refractivity contribution in [1.29, 1.82) is 0 Å². The number of hydrogen-bond donors (Lipinski definition) is 6. The zero-order valence-corrected chi connectivity index (χ0v) is 21.1. The molecule has 186 valence electrons. The van der Waals surface area contributed by atoms with Crippen LogP contribution < -0.4 is 21.3 Å². The Morgan fingerprint density at radius 3 is 2.18 bits per heavy atom. The highest BCUT2D eigenvalue weighted by Crippen LogP contribution is 2.08. The number of nitrogens with one attached hydrogen (secondary N) is 4. The molecular formula is C21H34N4O6S2. The fraction of sp³-hybridized carbons (Fsp3) is 0.667. The smallest absolute Gasteiger partial charge is 0.328 e. The Hall–Kier alpha value is -2.21. The van der Waals surface area contributed by atoms with E-state index in [4.69, 9.17) is 4.74 Å². The van der Waals surface area contributed by atoms with Gasteiger partial charge in [0.1, 0.15) is 30.3 Å². The summed E-state index contributed by atoms with van der Waals surface area (Å²) in [5.41, 5.74) is 0. The van der Waals surface area contributed by atoms with Gasteiger partial charge in [0.25, 0.3) is 0 Å². The number of ether oxygens (including phenoxy) is 1. The van der Waals surface area contributed by atoms with Crippen LogP contribution >= 0.6 is 25.3 Å². The summed E-state index contributed by atoms with van der Waals surface area (Å²) in [5.74, 6) is -2.80. The molecule has 1 rings (SSSR count). The number of thiol groups is 2. The summed E-state index contributed by atoms with van der Waals surface area (Å²) in [5, 5.41) is 10.2. The first kappa shape index (κ1) is 28.8. The summed E-state index contributed by atoms with van der Waals surface area (Å²) in [4.78, 5) is 63.0. The standard InChI is InChI=1S/C21H34N4O6S2/c1-11(2)17-20(29)23-13(4)21(30)31-14(7-5-6-8-32)9-16(26)22-12(3)18(27)24-15(10-33)19(28)25-17/h5,7,11-15,17,32-33H,6,8-10H2,1-4H3,(H,22,26)(H,23,29)(H,24,27)(H,25,28)/b7-5+/t12-,13-,14-,15+,17-/m1/s1. The second-order valence-electron chi connectivity index (χ2n) is 8.11. The summed E-state index contributed by atoms with van der Waals surface area (Å²) >= 11 is 8.24. The van der Waals surface area contributed by atoms with Gasteiger partial charge in [0, 0.05) is 5.75 Å². The van der Waals surface area contributed by atoms with Crippen LogP contribution in [0.25, 0.3) is 0 Å². The van der Waals surface area contributed by atoms with Gasteiger partial charge in [-0.25, -0.2) is 4.79 Å². The molecule has 0 aromatic heterocycles. The van der Waals surface area contributed by atoms with Crippen LogP contribution in [0, 0.1) is 5.92 Å². The monoisotopic (exact) mass is 502 g/mol. The highest BCUT2D eigenvalue weighted by Gasteiger charge is 2.32. The van der Waals surface area contributed by atoms with E-state index in [1.54, 1.807) is 26.0 Å². The van der Waals surface area contributed by atoms with Crippen molar-refractivity contribution in [2.24, 2.45) is 5.92 Å². The fourth-order valence-corrected chi connectivity index (χ4v) is 3.32. The first-order valence-electron chi connectivity index (χ1n) is 10.8. The van der Waals surface area contributed by atoms with Gasteiger partial charge in [-0.3, -0.25) is 19.2 Å². The van der Waals surface area contributed by atoms with Crippen molar-refractivity contribution < 1.29 is 28.7 Å². The summed E-state index contributed by atoms with van der Waals surface area (Å²) < 4.78 is 5.42. The number of cyclic esters (lactones) is 1. The molecule has 0 saturated carbocycles. The topological polar surface area (TPSA) is 143 Å². The molecule has 1 aliphatic heterocycles. The molecule has 1 saturated heterocycles. The zero-order valence-electron chi connectivity index (χ0n) is 19.3. The van der Waals surface area contributed by atoms with Crippen LogP contribution in [-0.4, -0.2) is 71.4 Å². The lowest BCUT2D eigenvalue weighted by atomic mass is 10.0. The molecule has 33 heavy (non-hydrogen) atoms. The molecule has 0 aliphatic carbocycles. The number of allylic oxidation sites excluding steroid dienone is 1. The van der Waals surface area contributed by atoms with Gasteiger partial charge in [-0.2, -0.15) is 25.3 Å². The Morgan fingerprint density at radius 1 is 0.939 bits per heavy atom. The highest BCUT2D eigenvalue weighted by atomic mass is 32.1. The lowest BCUT2D eigenvalue weighted by Crippen LogP contribution is -2.59. The number of carbonyl (C=O) groups is 5. The molecule has 1 aliphatic rings. The molecule has 0 radical (unpaired) electrons. The quantitative estimate of drug-likeness (QED) is 0.174. The second-order valence-corrected chi connectivity index (χ2v) is 8.93. The maximum absolute atomic E-state index is 12.8. The lowest BCUT2D eigenvalue weighted by molar-refractivity contribution is -0.152. The van der Waals surface area contributed by atoms with Gasteiger partial charge >= 0.3 is 5.97 Å². The number of esters is 1. The van der Waals surface area contributed by atoms with Gasteiger partial charge in [-0.05, 0) is 38.0 Å². The minimum absolute atomic E-state index is 0.0224. The van der Waals surface area contributed by atoms with E-state index in [9.17, 15) is 24.0 Å². The van der Waals surface area contributed by atoms with Crippen molar-refractivity contribution in [2.45, 2.75) is 70.8 Å². The van der Waals surface area contributed by atoms with Crippen LogP contribution in [0.2, 0.25) is 0 Å². The van der Waals surface area contributed by atoms with E-state index in [1.807, 2.05) is 0 Å². The molecule has 0 unspecified atom stereocenters. The van der Waals surface area contributed by atoms with Crippen molar-refractivity contribution in [1.82, 2.24) is 21.3 Å². The third-order valence-corrected chi connectivity index (χ3v) is 5.47. The van der Waals surface area contributed by atoms with Crippen molar-refractivity contribution in [2.75, 3.05) is 11.5 Å². The van der Waals surface area contributed by atoms with Gasteiger partial charge in [0.2, 0.25) is 23.6 Å². The Labute approximate surface area is 205 Å². The van der Waals surface area contributed by atoms with E-state index >= 15 is 0 Å². The second kappa shape index (κ2) is 14.1. The van der Waals surface area contributed by atoms with Crippen LogP contribution in [0.1, 0.15) is 40.5 Å². The van der Waals surface area contributed by atoms with Crippen molar-refractivity contribution in [3.8, 4) is 0 Å². The molecule has 0 bridgehead atoms. The zero-order chi connectivity index (χ0) is 25.1. The highest BCUT2D eigenvalue weighted by molar-refractivity contribution is 7.80. The van der Waals surface area contributed by atoms with Gasteiger partial charge in [-0.1, -0.05) is 19.9 Å². The molecule has 5 atom stereocenters. The molecule has 1 heterocycles. The first-order chi connectivity index (χ1) is 15.5. The predicted octanol–water partition coefficient (Wildman–Crippen LogP) is -0.257.